The van der Waals surface area contributed by atoms with Gasteiger partial charge in [0, 0.05) is 0 Å². The molecule has 0 aliphatic carbocycles. The van der Waals surface area contributed by atoms with Crippen LogP contribution >= 0.6 is 15.9 Å². The van der Waals surface area contributed by atoms with Gasteiger partial charge in [0.05, 0.1) is 16.2 Å². The molecule has 1 aliphatic rings. The van der Waals surface area contributed by atoms with Crippen LogP contribution in [0.1, 0.15) is 25.0 Å². The van der Waals surface area contributed by atoms with Crippen LogP contribution in [0.4, 0.5) is 5.69 Å². The average molecular weight is 318 g/mol. The van der Waals surface area contributed by atoms with Crippen LogP contribution in [0.5, 0.6) is 5.75 Å². The molecule has 2 atom stereocenters. The Balaban J connectivity index is 2.00. The number of benzene rings is 2. The molecule has 19 heavy (non-hydrogen) atoms. The lowest BCUT2D eigenvalue weighted by Crippen LogP contribution is -2.34. The summed E-state index contributed by atoms with van der Waals surface area (Å²) in [7, 11) is 0. The molecule has 2 nitrogen and oxygen atoms in total. The summed E-state index contributed by atoms with van der Waals surface area (Å²) in [6, 6.07) is 16.8. The summed E-state index contributed by atoms with van der Waals surface area (Å²) in [5.74, 6) is 0.904. The van der Waals surface area contributed by atoms with Crippen molar-refractivity contribution < 1.29 is 4.74 Å². The molecule has 1 heterocycles. The number of hydrogen-bond acceptors (Lipinski definition) is 2. The molecule has 0 spiro atoms. The zero-order valence-electron chi connectivity index (χ0n) is 10.8. The van der Waals surface area contributed by atoms with Gasteiger partial charge in [0.25, 0.3) is 0 Å². The molecule has 0 radical (unpaired) electrons. The van der Waals surface area contributed by atoms with Crippen LogP contribution in [0.3, 0.4) is 0 Å². The van der Waals surface area contributed by atoms with Gasteiger partial charge in [-0.25, -0.2) is 0 Å². The van der Waals surface area contributed by atoms with E-state index in [2.05, 4.69) is 58.5 Å². The van der Waals surface area contributed by atoms with Crippen LogP contribution in [0.15, 0.2) is 53.0 Å². The lowest BCUT2D eigenvalue weighted by molar-refractivity contribution is 0.167. The molecule has 2 aromatic rings. The number of ether oxygens (including phenoxy) is 1. The summed E-state index contributed by atoms with van der Waals surface area (Å²) in [6.07, 6.45) is 1.07. The first kappa shape index (κ1) is 12.5. The molecule has 2 aromatic carbocycles. The quantitative estimate of drug-likeness (QED) is 0.861. The van der Waals surface area contributed by atoms with Crippen molar-refractivity contribution in [1.82, 2.24) is 0 Å². The highest BCUT2D eigenvalue weighted by Gasteiger charge is 2.30. The van der Waals surface area contributed by atoms with Crippen LogP contribution in [0.25, 0.3) is 0 Å². The first-order valence-electron chi connectivity index (χ1n) is 6.56. The molecule has 3 heteroatoms. The highest BCUT2D eigenvalue weighted by Crippen LogP contribution is 2.42. The SMILES string of the molecule is CCC1Nc2cccc(Br)c2OC1c1ccccc1. The zero-order valence-corrected chi connectivity index (χ0v) is 12.4. The van der Waals surface area contributed by atoms with Gasteiger partial charge in [0.2, 0.25) is 0 Å². The molecule has 2 unspecified atom stereocenters. The van der Waals surface area contributed by atoms with Crippen LogP contribution in [-0.4, -0.2) is 6.04 Å². The van der Waals surface area contributed by atoms with Gasteiger partial charge in [-0.15, -0.1) is 0 Å². The molecule has 0 amide bonds. The van der Waals surface area contributed by atoms with Crippen molar-refractivity contribution in [1.29, 1.82) is 0 Å². The summed E-state index contributed by atoms with van der Waals surface area (Å²) in [5, 5.41) is 3.58. The van der Waals surface area contributed by atoms with Crippen molar-refractivity contribution >= 4 is 21.6 Å². The van der Waals surface area contributed by atoms with Gasteiger partial charge >= 0.3 is 0 Å². The maximum absolute atomic E-state index is 6.24. The van der Waals surface area contributed by atoms with Crippen molar-refractivity contribution in [2.75, 3.05) is 5.32 Å². The third kappa shape index (κ3) is 2.35. The average Bonchev–Trinajstić information content (AvgIpc) is 2.47. The van der Waals surface area contributed by atoms with Gasteiger partial charge in [-0.2, -0.15) is 0 Å². The van der Waals surface area contributed by atoms with E-state index in [4.69, 9.17) is 4.74 Å². The molecule has 0 saturated carbocycles. The molecular weight excluding hydrogens is 302 g/mol. The van der Waals surface area contributed by atoms with E-state index in [0.717, 1.165) is 22.3 Å². The van der Waals surface area contributed by atoms with E-state index < -0.39 is 0 Å². The Morgan fingerprint density at radius 2 is 1.89 bits per heavy atom. The zero-order chi connectivity index (χ0) is 13.2. The van der Waals surface area contributed by atoms with Gasteiger partial charge in [-0.1, -0.05) is 43.3 Å². The fourth-order valence-electron chi connectivity index (χ4n) is 2.49. The smallest absolute Gasteiger partial charge is 0.157 e. The Morgan fingerprint density at radius 1 is 1.11 bits per heavy atom. The minimum Gasteiger partial charge on any atom is -0.480 e. The van der Waals surface area contributed by atoms with Crippen molar-refractivity contribution in [2.45, 2.75) is 25.5 Å². The first-order valence-corrected chi connectivity index (χ1v) is 7.35. The summed E-state index contributed by atoms with van der Waals surface area (Å²) >= 11 is 3.56. The molecule has 98 valence electrons. The molecule has 0 bridgehead atoms. The van der Waals surface area contributed by atoms with Crippen molar-refractivity contribution in [3.05, 3.63) is 58.6 Å². The molecule has 3 rings (SSSR count). The third-order valence-electron chi connectivity index (χ3n) is 3.49. The second-order valence-corrected chi connectivity index (χ2v) is 5.58. The van der Waals surface area contributed by atoms with Crippen LogP contribution in [0, 0.1) is 0 Å². The number of anilines is 1. The van der Waals surface area contributed by atoms with Gasteiger partial charge in [-0.05, 0) is 40.0 Å². The Hall–Kier alpha value is -1.48. The second kappa shape index (κ2) is 5.25. The predicted octanol–water partition coefficient (Wildman–Crippen LogP) is 4.77. The standard InChI is InChI=1S/C16H16BrNO/c1-2-13-15(11-7-4-3-5-8-11)19-16-12(17)9-6-10-14(16)18-13/h3-10,13,15,18H,2H2,1H3. The molecule has 1 N–H and O–H groups in total. The molecule has 0 saturated heterocycles. The van der Waals surface area contributed by atoms with E-state index in [1.165, 1.54) is 5.56 Å². The second-order valence-electron chi connectivity index (χ2n) is 4.72. The largest absolute Gasteiger partial charge is 0.480 e. The van der Waals surface area contributed by atoms with Crippen LogP contribution in [0.2, 0.25) is 0 Å². The maximum atomic E-state index is 6.24. The van der Waals surface area contributed by atoms with Crippen molar-refractivity contribution in [2.24, 2.45) is 0 Å². The van der Waals surface area contributed by atoms with E-state index in [0.29, 0.717) is 6.04 Å². The number of nitrogens with one attached hydrogen (secondary N) is 1. The summed E-state index contributed by atoms with van der Waals surface area (Å²) in [5.41, 5.74) is 2.27. The minimum absolute atomic E-state index is 0.0531. The highest BCUT2D eigenvalue weighted by atomic mass is 79.9. The van der Waals surface area contributed by atoms with Gasteiger partial charge in [-0.3, -0.25) is 0 Å². The summed E-state index contributed by atoms with van der Waals surface area (Å²) < 4.78 is 7.24. The van der Waals surface area contributed by atoms with Gasteiger partial charge in [0.1, 0.15) is 6.10 Å². The first-order chi connectivity index (χ1) is 9.29. The summed E-state index contributed by atoms with van der Waals surface area (Å²) in [4.78, 5) is 0. The third-order valence-corrected chi connectivity index (χ3v) is 4.11. The number of halogens is 1. The highest BCUT2D eigenvalue weighted by molar-refractivity contribution is 9.10. The number of rotatable bonds is 2. The van der Waals surface area contributed by atoms with E-state index in [-0.39, 0.29) is 6.10 Å². The van der Waals surface area contributed by atoms with E-state index in [9.17, 15) is 0 Å². The Labute approximate surface area is 121 Å². The monoisotopic (exact) mass is 317 g/mol. The van der Waals surface area contributed by atoms with Crippen LogP contribution in [-0.2, 0) is 0 Å². The lowest BCUT2D eigenvalue weighted by atomic mass is 9.98. The van der Waals surface area contributed by atoms with E-state index in [1.807, 2.05) is 18.2 Å². The molecule has 0 aromatic heterocycles. The lowest BCUT2D eigenvalue weighted by Gasteiger charge is -2.35. The van der Waals surface area contributed by atoms with Gasteiger partial charge < -0.3 is 10.1 Å². The van der Waals surface area contributed by atoms with E-state index >= 15 is 0 Å². The fourth-order valence-corrected chi connectivity index (χ4v) is 2.95. The maximum Gasteiger partial charge on any atom is 0.157 e. The molecular formula is C16H16BrNO. The van der Waals surface area contributed by atoms with E-state index in [1.54, 1.807) is 0 Å². The molecule has 1 aliphatic heterocycles. The molecule has 0 fully saturated rings. The normalized spacial score (nSPS) is 21.2. The number of hydrogen-bond donors (Lipinski definition) is 1. The summed E-state index contributed by atoms with van der Waals surface area (Å²) in [6.45, 7) is 2.18. The van der Waals surface area contributed by atoms with Crippen molar-refractivity contribution in [3.8, 4) is 5.75 Å². The van der Waals surface area contributed by atoms with Gasteiger partial charge in [0.15, 0.2) is 5.75 Å². The predicted molar refractivity (Wildman–Crippen MR) is 81.7 cm³/mol. The number of para-hydroxylation sites is 1. The Morgan fingerprint density at radius 3 is 2.63 bits per heavy atom. The van der Waals surface area contributed by atoms with Crippen molar-refractivity contribution in [3.63, 3.8) is 0 Å². The Bertz CT molecular complexity index is 570. The topological polar surface area (TPSA) is 21.3 Å². The Kier molecular flexibility index (Phi) is 3.47. The minimum atomic E-state index is 0.0531. The fraction of sp³-hybridized carbons (Fsp3) is 0.250. The van der Waals surface area contributed by atoms with Crippen LogP contribution < -0.4 is 10.1 Å². The number of fused-ring (bicyclic) bond motifs is 1.